The highest BCUT2D eigenvalue weighted by molar-refractivity contribution is 6.33. The lowest BCUT2D eigenvalue weighted by Gasteiger charge is -2.19. The molecule has 2 rings (SSSR count). The molecule has 5 heteroatoms. The van der Waals surface area contributed by atoms with E-state index in [1.54, 1.807) is 12.1 Å². The van der Waals surface area contributed by atoms with Crippen molar-refractivity contribution in [3.8, 4) is 0 Å². The van der Waals surface area contributed by atoms with E-state index in [0.717, 1.165) is 37.9 Å². The Balaban J connectivity index is 2.00. The van der Waals surface area contributed by atoms with Gasteiger partial charge in [-0.15, -0.1) is 0 Å². The third-order valence-corrected chi connectivity index (χ3v) is 3.92. The number of nitrogens with one attached hydrogen (secondary N) is 1. The fourth-order valence-electron chi connectivity index (χ4n) is 2.33. The molecule has 3 N–H and O–H groups in total. The van der Waals surface area contributed by atoms with Crippen molar-refractivity contribution in [3.63, 3.8) is 0 Å². The molecule has 1 fully saturated rings. The summed E-state index contributed by atoms with van der Waals surface area (Å²) in [7, 11) is 0. The minimum absolute atomic E-state index is 0.0143. The fraction of sp³-hybridized carbons (Fsp3) is 0.538. The Bertz CT molecular complexity index is 395. The number of hydrazine groups is 1. The van der Waals surface area contributed by atoms with E-state index in [0.29, 0.717) is 16.1 Å². The van der Waals surface area contributed by atoms with Gasteiger partial charge in [-0.2, -0.15) is 0 Å². The van der Waals surface area contributed by atoms with Crippen LogP contribution in [0, 0.1) is 0 Å². The molecule has 1 aromatic carbocycles. The molecule has 0 bridgehead atoms. The normalized spacial score (nSPS) is 21.2. The summed E-state index contributed by atoms with van der Waals surface area (Å²) >= 11 is 12.2. The third kappa shape index (κ3) is 3.59. The summed E-state index contributed by atoms with van der Waals surface area (Å²) in [5, 5.41) is 1.36. The van der Waals surface area contributed by atoms with E-state index < -0.39 is 0 Å². The summed E-state index contributed by atoms with van der Waals surface area (Å²) in [6.07, 6.45) is 4.53. The van der Waals surface area contributed by atoms with E-state index in [1.807, 2.05) is 6.07 Å². The zero-order valence-electron chi connectivity index (χ0n) is 10.2. The van der Waals surface area contributed by atoms with Gasteiger partial charge < -0.3 is 4.74 Å². The minimum atomic E-state index is 0.0143. The van der Waals surface area contributed by atoms with Gasteiger partial charge in [0.25, 0.3) is 0 Å². The van der Waals surface area contributed by atoms with Crippen LogP contribution in [0.25, 0.3) is 0 Å². The maximum absolute atomic E-state index is 6.18. The van der Waals surface area contributed by atoms with Gasteiger partial charge in [0.1, 0.15) is 0 Å². The molecular weight excluding hydrogens is 271 g/mol. The average molecular weight is 289 g/mol. The van der Waals surface area contributed by atoms with Crippen molar-refractivity contribution in [2.45, 2.75) is 37.8 Å². The van der Waals surface area contributed by atoms with Gasteiger partial charge >= 0.3 is 0 Å². The monoisotopic (exact) mass is 288 g/mol. The quantitative estimate of drug-likeness (QED) is 0.644. The number of ether oxygens (including phenoxy) is 1. The third-order valence-electron chi connectivity index (χ3n) is 3.34. The van der Waals surface area contributed by atoms with Crippen LogP contribution in [-0.2, 0) is 4.74 Å². The van der Waals surface area contributed by atoms with Gasteiger partial charge in [0.2, 0.25) is 0 Å². The summed E-state index contributed by atoms with van der Waals surface area (Å²) in [6, 6.07) is 5.46. The van der Waals surface area contributed by atoms with E-state index in [9.17, 15) is 0 Å². The van der Waals surface area contributed by atoms with Crippen LogP contribution in [0.1, 0.15) is 37.3 Å². The molecule has 1 saturated heterocycles. The zero-order chi connectivity index (χ0) is 13.0. The van der Waals surface area contributed by atoms with E-state index in [4.69, 9.17) is 33.8 Å². The number of hydrogen-bond acceptors (Lipinski definition) is 3. The van der Waals surface area contributed by atoms with Crippen molar-refractivity contribution in [3.05, 3.63) is 33.8 Å². The van der Waals surface area contributed by atoms with Crippen LogP contribution in [0.2, 0.25) is 10.0 Å². The number of hydrogen-bond donors (Lipinski definition) is 2. The smallest absolute Gasteiger partial charge is 0.0576 e. The molecule has 1 aliphatic heterocycles. The molecule has 0 radical (unpaired) electrons. The van der Waals surface area contributed by atoms with Crippen LogP contribution in [-0.4, -0.2) is 12.7 Å². The van der Waals surface area contributed by atoms with E-state index in [2.05, 4.69) is 5.43 Å². The van der Waals surface area contributed by atoms with Crippen LogP contribution in [0.15, 0.2) is 18.2 Å². The molecule has 3 nitrogen and oxygen atoms in total. The second kappa shape index (κ2) is 6.73. The molecule has 1 aliphatic rings. The van der Waals surface area contributed by atoms with Gasteiger partial charge in [-0.25, -0.2) is 0 Å². The Labute approximate surface area is 118 Å². The molecule has 0 spiro atoms. The SMILES string of the molecule is NNC(CCC1CCCO1)c1cc(Cl)ccc1Cl. The van der Waals surface area contributed by atoms with E-state index in [-0.39, 0.29) is 6.04 Å². The lowest BCUT2D eigenvalue weighted by molar-refractivity contribution is 0.0996. The largest absolute Gasteiger partial charge is 0.378 e. The summed E-state index contributed by atoms with van der Waals surface area (Å²) in [5.41, 5.74) is 3.76. The Morgan fingerprint density at radius 3 is 2.94 bits per heavy atom. The molecule has 100 valence electrons. The predicted molar refractivity (Wildman–Crippen MR) is 74.7 cm³/mol. The highest BCUT2D eigenvalue weighted by Crippen LogP contribution is 2.30. The first-order valence-electron chi connectivity index (χ1n) is 6.23. The molecule has 18 heavy (non-hydrogen) atoms. The van der Waals surface area contributed by atoms with Crippen LogP contribution >= 0.6 is 23.2 Å². The van der Waals surface area contributed by atoms with Gasteiger partial charge in [0.05, 0.1) is 6.10 Å². The molecular formula is C13H18Cl2N2O. The van der Waals surface area contributed by atoms with Gasteiger partial charge in [-0.05, 0) is 49.4 Å². The van der Waals surface area contributed by atoms with Gasteiger partial charge in [-0.3, -0.25) is 11.3 Å². The zero-order valence-corrected chi connectivity index (χ0v) is 11.7. The van der Waals surface area contributed by atoms with E-state index >= 15 is 0 Å². The summed E-state index contributed by atoms with van der Waals surface area (Å²) in [5.74, 6) is 5.62. The predicted octanol–water partition coefficient (Wildman–Crippen LogP) is 3.46. The van der Waals surface area contributed by atoms with Gasteiger partial charge in [-0.1, -0.05) is 23.2 Å². The van der Waals surface area contributed by atoms with Crippen LogP contribution in [0.5, 0.6) is 0 Å². The van der Waals surface area contributed by atoms with Crippen molar-refractivity contribution < 1.29 is 4.74 Å². The van der Waals surface area contributed by atoms with Crippen molar-refractivity contribution in [1.29, 1.82) is 0 Å². The lowest BCUT2D eigenvalue weighted by atomic mass is 10.00. The second-order valence-electron chi connectivity index (χ2n) is 4.60. The first-order valence-corrected chi connectivity index (χ1v) is 6.99. The first-order chi connectivity index (χ1) is 8.70. The Morgan fingerprint density at radius 2 is 2.28 bits per heavy atom. The second-order valence-corrected chi connectivity index (χ2v) is 5.44. The fourth-order valence-corrected chi connectivity index (χ4v) is 2.76. The summed E-state index contributed by atoms with van der Waals surface area (Å²) < 4.78 is 5.61. The van der Waals surface area contributed by atoms with Crippen molar-refractivity contribution in [2.75, 3.05) is 6.61 Å². The Morgan fingerprint density at radius 1 is 1.44 bits per heavy atom. The molecule has 2 atom stereocenters. The Hall–Kier alpha value is -0.320. The molecule has 1 heterocycles. The Kier molecular flexibility index (Phi) is 5.27. The number of halogens is 2. The maximum Gasteiger partial charge on any atom is 0.0576 e. The van der Waals surface area contributed by atoms with Crippen LogP contribution in [0.3, 0.4) is 0 Å². The molecule has 2 unspecified atom stereocenters. The molecule has 0 aromatic heterocycles. The molecule has 0 saturated carbocycles. The van der Waals surface area contributed by atoms with Crippen molar-refractivity contribution >= 4 is 23.2 Å². The molecule has 0 amide bonds. The maximum atomic E-state index is 6.18. The van der Waals surface area contributed by atoms with Gasteiger partial charge in [0, 0.05) is 22.7 Å². The highest BCUT2D eigenvalue weighted by atomic mass is 35.5. The summed E-state index contributed by atoms with van der Waals surface area (Å²) in [6.45, 7) is 0.878. The lowest BCUT2D eigenvalue weighted by Crippen LogP contribution is -2.29. The average Bonchev–Trinajstić information content (AvgIpc) is 2.87. The topological polar surface area (TPSA) is 47.3 Å². The van der Waals surface area contributed by atoms with Crippen molar-refractivity contribution in [2.24, 2.45) is 5.84 Å². The van der Waals surface area contributed by atoms with Crippen LogP contribution in [0.4, 0.5) is 0 Å². The van der Waals surface area contributed by atoms with Crippen LogP contribution < -0.4 is 11.3 Å². The summed E-state index contributed by atoms with van der Waals surface area (Å²) in [4.78, 5) is 0. The number of rotatable bonds is 5. The highest BCUT2D eigenvalue weighted by Gasteiger charge is 2.19. The van der Waals surface area contributed by atoms with E-state index in [1.165, 1.54) is 0 Å². The first kappa shape index (κ1) is 14.1. The number of nitrogens with two attached hydrogens (primary N) is 1. The molecule has 0 aliphatic carbocycles. The number of benzene rings is 1. The van der Waals surface area contributed by atoms with Gasteiger partial charge in [0.15, 0.2) is 0 Å². The standard InChI is InChI=1S/C13H18Cl2N2O/c14-9-3-5-12(15)11(8-9)13(17-16)6-4-10-2-1-7-18-10/h3,5,8,10,13,17H,1-2,4,6-7,16H2. The minimum Gasteiger partial charge on any atom is -0.378 e. The molecule has 1 aromatic rings. The van der Waals surface area contributed by atoms with Crippen molar-refractivity contribution in [1.82, 2.24) is 5.43 Å².